The van der Waals surface area contributed by atoms with Crippen molar-refractivity contribution in [1.29, 1.82) is 0 Å². The molecule has 0 aliphatic carbocycles. The van der Waals surface area contributed by atoms with Crippen molar-refractivity contribution in [1.82, 2.24) is 0 Å². The van der Waals surface area contributed by atoms with Crippen molar-refractivity contribution in [3.05, 3.63) is 33.3 Å². The molecule has 0 heterocycles. The monoisotopic (exact) mass is 192 g/mol. The van der Waals surface area contributed by atoms with Gasteiger partial charge >= 0.3 is 0 Å². The first-order valence-corrected chi connectivity index (χ1v) is 3.91. The molecular weight excluding hydrogens is 186 g/mol. The van der Waals surface area contributed by atoms with Gasteiger partial charge in [-0.25, -0.2) is 4.39 Å². The molecule has 11 heavy (non-hydrogen) atoms. The second-order valence-electron chi connectivity index (χ2n) is 2.34. The molecule has 0 nitrogen and oxygen atoms in total. The second kappa shape index (κ2) is 3.42. The zero-order valence-electron chi connectivity index (χ0n) is 6.00. The molecule has 0 spiro atoms. The molecule has 0 aliphatic rings. The van der Waals surface area contributed by atoms with Crippen molar-refractivity contribution < 1.29 is 4.39 Å². The van der Waals surface area contributed by atoms with Crippen LogP contribution in [0.25, 0.3) is 0 Å². The molecule has 60 valence electrons. The molecule has 0 aliphatic heterocycles. The first-order chi connectivity index (χ1) is 5.15. The van der Waals surface area contributed by atoms with E-state index in [9.17, 15) is 4.39 Å². The van der Waals surface area contributed by atoms with Crippen molar-refractivity contribution in [3.63, 3.8) is 0 Å². The molecule has 0 atom stereocenters. The summed E-state index contributed by atoms with van der Waals surface area (Å²) in [7, 11) is 0. The fourth-order valence-corrected chi connectivity index (χ4v) is 1.27. The maximum atomic E-state index is 12.1. The molecule has 0 fully saturated rings. The summed E-state index contributed by atoms with van der Waals surface area (Å²) < 4.78 is 12.1. The Bertz CT molecular complexity index is 248. The Labute approximate surface area is 74.9 Å². The van der Waals surface area contributed by atoms with Crippen LogP contribution in [-0.4, -0.2) is 0 Å². The summed E-state index contributed by atoms with van der Waals surface area (Å²) in [6.45, 7) is 1.30. The van der Waals surface area contributed by atoms with Crippen molar-refractivity contribution in [2.45, 2.75) is 13.6 Å². The van der Waals surface area contributed by atoms with E-state index < -0.39 is 6.67 Å². The number of rotatable bonds is 1. The van der Waals surface area contributed by atoms with E-state index in [1.165, 1.54) is 6.07 Å². The van der Waals surface area contributed by atoms with Crippen LogP contribution in [0.2, 0.25) is 10.0 Å². The van der Waals surface area contributed by atoms with E-state index >= 15 is 0 Å². The minimum absolute atomic E-state index is 0.416. The van der Waals surface area contributed by atoms with Gasteiger partial charge in [-0.15, -0.1) is 0 Å². The molecule has 0 saturated heterocycles. The molecule has 1 rings (SSSR count). The van der Waals surface area contributed by atoms with Gasteiger partial charge in [-0.3, -0.25) is 0 Å². The SMILES string of the molecule is Cc1cc(CF)cc(Cl)c1Cl. The quantitative estimate of drug-likeness (QED) is 0.636. The molecule has 1 aromatic rings. The summed E-state index contributed by atoms with van der Waals surface area (Å²) in [6.07, 6.45) is 0. The van der Waals surface area contributed by atoms with E-state index in [0.717, 1.165) is 5.56 Å². The lowest BCUT2D eigenvalue weighted by Gasteiger charge is -2.02. The summed E-state index contributed by atoms with van der Waals surface area (Å²) in [5, 5.41) is 0.920. The van der Waals surface area contributed by atoms with Crippen molar-refractivity contribution in [2.75, 3.05) is 0 Å². The van der Waals surface area contributed by atoms with Crippen molar-refractivity contribution >= 4 is 23.2 Å². The Balaban J connectivity index is 3.21. The van der Waals surface area contributed by atoms with Crippen LogP contribution in [0.1, 0.15) is 11.1 Å². The van der Waals surface area contributed by atoms with Gasteiger partial charge in [-0.2, -0.15) is 0 Å². The number of benzene rings is 1. The highest BCUT2D eigenvalue weighted by atomic mass is 35.5. The fourth-order valence-electron chi connectivity index (χ4n) is 0.875. The summed E-state index contributed by atoms with van der Waals surface area (Å²) in [4.78, 5) is 0. The molecular formula is C8H7Cl2F. The average Bonchev–Trinajstić information content (AvgIpc) is 1.99. The first-order valence-electron chi connectivity index (χ1n) is 3.15. The van der Waals surface area contributed by atoms with Crippen LogP contribution < -0.4 is 0 Å². The normalized spacial score (nSPS) is 10.2. The summed E-state index contributed by atoms with van der Waals surface area (Å²) in [5.41, 5.74) is 1.38. The highest BCUT2D eigenvalue weighted by Gasteiger charge is 2.02. The minimum Gasteiger partial charge on any atom is -0.246 e. The third-order valence-corrected chi connectivity index (χ3v) is 2.32. The molecule has 0 unspecified atom stereocenters. The molecule has 0 radical (unpaired) electrons. The van der Waals surface area contributed by atoms with Gasteiger partial charge in [-0.1, -0.05) is 29.3 Å². The van der Waals surface area contributed by atoms with Gasteiger partial charge in [0.2, 0.25) is 0 Å². The summed E-state index contributed by atoms with van der Waals surface area (Å²) >= 11 is 11.5. The van der Waals surface area contributed by atoms with Crippen molar-refractivity contribution in [3.8, 4) is 0 Å². The molecule has 0 aromatic heterocycles. The highest BCUT2D eigenvalue weighted by molar-refractivity contribution is 6.42. The predicted octanol–water partition coefficient (Wildman–Crippen LogP) is 3.77. The molecule has 0 bridgehead atoms. The number of alkyl halides is 1. The van der Waals surface area contributed by atoms with Gasteiger partial charge < -0.3 is 0 Å². The standard InChI is InChI=1S/C8H7Cl2F/c1-5-2-6(4-11)3-7(9)8(5)10/h2-3H,4H2,1H3. The highest BCUT2D eigenvalue weighted by Crippen LogP contribution is 2.27. The lowest BCUT2D eigenvalue weighted by atomic mass is 10.1. The van der Waals surface area contributed by atoms with E-state index in [2.05, 4.69) is 0 Å². The summed E-state index contributed by atoms with van der Waals surface area (Å²) in [5.74, 6) is 0. The largest absolute Gasteiger partial charge is 0.246 e. The maximum absolute atomic E-state index is 12.1. The fraction of sp³-hybridized carbons (Fsp3) is 0.250. The minimum atomic E-state index is -0.502. The van der Waals surface area contributed by atoms with Gasteiger partial charge in [0.25, 0.3) is 0 Å². The lowest BCUT2D eigenvalue weighted by Crippen LogP contribution is -1.83. The lowest BCUT2D eigenvalue weighted by molar-refractivity contribution is 0.485. The molecule has 1 aromatic carbocycles. The van der Waals surface area contributed by atoms with E-state index in [0.29, 0.717) is 15.6 Å². The molecule has 3 heteroatoms. The van der Waals surface area contributed by atoms with Crippen LogP contribution >= 0.6 is 23.2 Å². The third-order valence-electron chi connectivity index (χ3n) is 1.42. The van der Waals surface area contributed by atoms with Crippen LogP contribution in [0.3, 0.4) is 0 Å². The van der Waals surface area contributed by atoms with Crippen LogP contribution in [-0.2, 0) is 6.67 Å². The Morgan fingerprint density at radius 3 is 2.45 bits per heavy atom. The van der Waals surface area contributed by atoms with E-state index in [4.69, 9.17) is 23.2 Å². The van der Waals surface area contributed by atoms with E-state index in [1.54, 1.807) is 13.0 Å². The van der Waals surface area contributed by atoms with Gasteiger partial charge in [0.05, 0.1) is 10.0 Å². The number of hydrogen-bond acceptors (Lipinski definition) is 0. The predicted molar refractivity (Wildman–Crippen MR) is 46.0 cm³/mol. The van der Waals surface area contributed by atoms with Gasteiger partial charge in [0.15, 0.2) is 0 Å². The Morgan fingerprint density at radius 2 is 2.00 bits per heavy atom. The Hall–Kier alpha value is -0.270. The zero-order chi connectivity index (χ0) is 8.43. The van der Waals surface area contributed by atoms with E-state index in [-0.39, 0.29) is 0 Å². The molecule has 0 saturated carbocycles. The second-order valence-corrected chi connectivity index (χ2v) is 3.13. The smallest absolute Gasteiger partial charge is 0.115 e. The van der Waals surface area contributed by atoms with Crippen molar-refractivity contribution in [2.24, 2.45) is 0 Å². The first kappa shape index (κ1) is 8.82. The van der Waals surface area contributed by atoms with Gasteiger partial charge in [-0.05, 0) is 24.1 Å². The van der Waals surface area contributed by atoms with Gasteiger partial charge in [0, 0.05) is 0 Å². The number of aryl methyl sites for hydroxylation is 1. The molecule has 0 N–H and O–H groups in total. The number of halogens is 3. The van der Waals surface area contributed by atoms with E-state index in [1.807, 2.05) is 0 Å². The average molecular weight is 193 g/mol. The number of hydrogen-bond donors (Lipinski definition) is 0. The topological polar surface area (TPSA) is 0 Å². The molecule has 0 amide bonds. The van der Waals surface area contributed by atoms with Crippen LogP contribution in [0, 0.1) is 6.92 Å². The Morgan fingerprint density at radius 1 is 1.36 bits per heavy atom. The Kier molecular flexibility index (Phi) is 2.74. The zero-order valence-corrected chi connectivity index (χ0v) is 7.51. The third kappa shape index (κ3) is 1.85. The summed E-state index contributed by atoms with van der Waals surface area (Å²) in [6, 6.07) is 3.23. The van der Waals surface area contributed by atoms with Crippen LogP contribution in [0.5, 0.6) is 0 Å². The van der Waals surface area contributed by atoms with Crippen LogP contribution in [0.15, 0.2) is 12.1 Å². The maximum Gasteiger partial charge on any atom is 0.115 e. The van der Waals surface area contributed by atoms with Gasteiger partial charge in [0.1, 0.15) is 6.67 Å². The van der Waals surface area contributed by atoms with Crippen LogP contribution in [0.4, 0.5) is 4.39 Å².